The van der Waals surface area contributed by atoms with Crippen LogP contribution in [0.1, 0.15) is 50.3 Å². The van der Waals surface area contributed by atoms with Gasteiger partial charge in [-0.2, -0.15) is 0 Å². The minimum Gasteiger partial charge on any atom is -0.497 e. The van der Waals surface area contributed by atoms with Gasteiger partial charge in [-0.1, -0.05) is 43.2 Å². The molecule has 0 aliphatic rings. The van der Waals surface area contributed by atoms with E-state index in [0.29, 0.717) is 18.5 Å². The predicted molar refractivity (Wildman–Crippen MR) is 152 cm³/mol. The van der Waals surface area contributed by atoms with Crippen molar-refractivity contribution >= 4 is 45.0 Å². The second-order valence-electron chi connectivity index (χ2n) is 9.79. The Bertz CT molecular complexity index is 1460. The number of benzene rings is 3. The Balaban J connectivity index is 1.47. The van der Waals surface area contributed by atoms with Gasteiger partial charge in [-0.05, 0) is 73.4 Å². The van der Waals surface area contributed by atoms with Crippen LogP contribution in [-0.4, -0.2) is 35.7 Å². The van der Waals surface area contributed by atoms with Gasteiger partial charge in [0.2, 0.25) is 11.8 Å². The fraction of sp³-hybridized carbons (Fsp3) is 0.323. The van der Waals surface area contributed by atoms with Crippen LogP contribution in [0.4, 0.5) is 5.69 Å². The molecule has 3 aromatic carbocycles. The van der Waals surface area contributed by atoms with Crippen LogP contribution in [0.15, 0.2) is 60.7 Å². The molecule has 198 valence electrons. The monoisotopic (exact) mass is 513 g/mol. The molecule has 0 unspecified atom stereocenters. The van der Waals surface area contributed by atoms with Crippen LogP contribution < -0.4 is 15.4 Å². The summed E-state index contributed by atoms with van der Waals surface area (Å²) in [6.07, 6.45) is 3.48. The molecule has 4 aromatic rings. The summed E-state index contributed by atoms with van der Waals surface area (Å²) in [5.74, 6) is 0.405. The molecule has 1 atom stereocenters. The summed E-state index contributed by atoms with van der Waals surface area (Å²) in [6, 6.07) is 18.8. The number of aromatic amines is 1. The normalized spacial score (nSPS) is 11.9. The number of H-pyrrole nitrogens is 1. The van der Waals surface area contributed by atoms with E-state index in [1.54, 1.807) is 14.0 Å². The molecule has 38 heavy (non-hydrogen) atoms. The number of hydrogen-bond acceptors (Lipinski definition) is 4. The maximum atomic E-state index is 13.3. The van der Waals surface area contributed by atoms with Gasteiger partial charge in [-0.25, -0.2) is 0 Å². The zero-order chi connectivity index (χ0) is 27.1. The van der Waals surface area contributed by atoms with Crippen molar-refractivity contribution in [1.29, 1.82) is 0 Å². The number of hydrogen-bond donors (Lipinski definition) is 3. The third-order valence-corrected chi connectivity index (χ3v) is 6.85. The largest absolute Gasteiger partial charge is 0.497 e. The molecule has 0 saturated carbocycles. The van der Waals surface area contributed by atoms with Gasteiger partial charge in [0.15, 0.2) is 0 Å². The number of Topliss-reactive ketones (excluding diaryl/α,β-unsaturated/α-hetero) is 1. The number of unbranched alkanes of at least 4 members (excludes halogenated alkanes) is 2. The number of methoxy groups -OCH3 is 1. The molecular weight excluding hydrogens is 478 g/mol. The summed E-state index contributed by atoms with van der Waals surface area (Å²) >= 11 is 0. The van der Waals surface area contributed by atoms with Crippen molar-refractivity contribution in [1.82, 2.24) is 10.3 Å². The van der Waals surface area contributed by atoms with Crippen LogP contribution in [0.25, 0.3) is 21.7 Å². The van der Waals surface area contributed by atoms with Gasteiger partial charge in [-0.3, -0.25) is 9.59 Å². The first-order valence-corrected chi connectivity index (χ1v) is 13.1. The Labute approximate surface area is 223 Å². The molecule has 1 aromatic heterocycles. The number of ketones is 1. The number of aryl methyl sites for hydroxylation is 1. The van der Waals surface area contributed by atoms with Gasteiger partial charge in [-0.15, -0.1) is 0 Å². The fourth-order valence-electron chi connectivity index (χ4n) is 4.79. The van der Waals surface area contributed by atoms with Gasteiger partial charge >= 0.3 is 0 Å². The van der Waals surface area contributed by atoms with Crippen LogP contribution in [0.2, 0.25) is 0 Å². The molecule has 0 spiro atoms. The number of carbonyl (C=O) groups excluding carboxylic acids is 3. The maximum Gasteiger partial charge on any atom is 0.246 e. The highest BCUT2D eigenvalue weighted by atomic mass is 16.5. The van der Waals surface area contributed by atoms with Crippen molar-refractivity contribution in [2.75, 3.05) is 12.4 Å². The van der Waals surface area contributed by atoms with Gasteiger partial charge in [0.05, 0.1) is 13.5 Å². The quantitative estimate of drug-likeness (QED) is 0.207. The molecule has 7 nitrogen and oxygen atoms in total. The molecule has 0 fully saturated rings. The van der Waals surface area contributed by atoms with Crippen LogP contribution in [0.5, 0.6) is 5.75 Å². The molecule has 1 heterocycles. The SMILES string of the molecule is COc1ccc2[nH]c(C)c(CC(=O)N[C@@H](CCCCCC(C)=O)C(=O)Nc3ccc4ccccc4c3)c2c1. The van der Waals surface area contributed by atoms with E-state index in [0.717, 1.165) is 57.9 Å². The maximum absolute atomic E-state index is 13.3. The number of aromatic nitrogens is 1. The van der Waals surface area contributed by atoms with E-state index in [4.69, 9.17) is 4.74 Å². The van der Waals surface area contributed by atoms with Gasteiger partial charge in [0.1, 0.15) is 17.6 Å². The lowest BCUT2D eigenvalue weighted by Gasteiger charge is -2.19. The average Bonchev–Trinajstić information content (AvgIpc) is 3.21. The molecule has 2 amide bonds. The predicted octanol–water partition coefficient (Wildman–Crippen LogP) is 5.84. The molecular formula is C31H35N3O4. The van der Waals surface area contributed by atoms with E-state index in [-0.39, 0.29) is 24.0 Å². The number of anilines is 1. The summed E-state index contributed by atoms with van der Waals surface area (Å²) in [4.78, 5) is 41.1. The zero-order valence-corrected chi connectivity index (χ0v) is 22.2. The number of carbonyl (C=O) groups is 3. The molecule has 3 N–H and O–H groups in total. The van der Waals surface area contributed by atoms with Crippen LogP contribution in [0, 0.1) is 6.92 Å². The second kappa shape index (κ2) is 12.4. The van der Waals surface area contributed by atoms with E-state index in [2.05, 4.69) is 15.6 Å². The smallest absolute Gasteiger partial charge is 0.246 e. The van der Waals surface area contributed by atoms with E-state index >= 15 is 0 Å². The third kappa shape index (κ3) is 6.79. The Morgan fingerprint density at radius 1 is 0.947 bits per heavy atom. The molecule has 0 radical (unpaired) electrons. The highest BCUT2D eigenvalue weighted by Crippen LogP contribution is 2.27. The highest BCUT2D eigenvalue weighted by Gasteiger charge is 2.22. The fourth-order valence-corrected chi connectivity index (χ4v) is 4.79. The van der Waals surface area contributed by atoms with Crippen molar-refractivity contribution in [3.63, 3.8) is 0 Å². The lowest BCUT2D eigenvalue weighted by Crippen LogP contribution is -2.44. The molecule has 0 saturated heterocycles. The lowest BCUT2D eigenvalue weighted by atomic mass is 10.0. The zero-order valence-electron chi connectivity index (χ0n) is 22.2. The minimum absolute atomic E-state index is 0.142. The molecule has 7 heteroatoms. The number of amides is 2. The van der Waals surface area contributed by atoms with Crippen molar-refractivity contribution in [2.45, 2.75) is 58.4 Å². The summed E-state index contributed by atoms with van der Waals surface area (Å²) in [6.45, 7) is 3.52. The van der Waals surface area contributed by atoms with Crippen molar-refractivity contribution in [3.05, 3.63) is 71.9 Å². The Morgan fingerprint density at radius 3 is 2.50 bits per heavy atom. The van der Waals surface area contributed by atoms with Crippen LogP contribution in [0.3, 0.4) is 0 Å². The van der Waals surface area contributed by atoms with Crippen molar-refractivity contribution in [3.8, 4) is 5.75 Å². The lowest BCUT2D eigenvalue weighted by molar-refractivity contribution is -0.126. The first kappa shape index (κ1) is 26.9. The van der Waals surface area contributed by atoms with E-state index in [1.165, 1.54) is 0 Å². The van der Waals surface area contributed by atoms with Crippen molar-refractivity contribution < 1.29 is 19.1 Å². The topological polar surface area (TPSA) is 100 Å². The van der Waals surface area contributed by atoms with E-state index < -0.39 is 6.04 Å². The Morgan fingerprint density at radius 2 is 1.74 bits per heavy atom. The standard InChI is InChI=1S/C31H35N3O4/c1-20(35)9-5-4-6-12-29(31(37)33-24-14-13-22-10-7-8-11-23(22)17-24)34-30(36)19-26-21(2)32-28-16-15-25(38-3)18-27(26)28/h7-8,10-11,13-18,29,32H,4-6,9,12,19H2,1-3H3,(H,33,37)(H,34,36)/t29-/m0/s1. The molecule has 0 aliphatic heterocycles. The Kier molecular flexibility index (Phi) is 8.79. The van der Waals surface area contributed by atoms with Crippen LogP contribution in [-0.2, 0) is 20.8 Å². The molecule has 0 aliphatic carbocycles. The van der Waals surface area contributed by atoms with Crippen LogP contribution >= 0.6 is 0 Å². The summed E-state index contributed by atoms with van der Waals surface area (Å²) in [5, 5.41) is 9.00. The summed E-state index contributed by atoms with van der Waals surface area (Å²) in [7, 11) is 1.61. The number of rotatable bonds is 12. The van der Waals surface area contributed by atoms with E-state index in [1.807, 2.05) is 67.6 Å². The second-order valence-corrected chi connectivity index (χ2v) is 9.79. The molecule has 0 bridgehead atoms. The van der Waals surface area contributed by atoms with Gasteiger partial charge in [0.25, 0.3) is 0 Å². The number of fused-ring (bicyclic) bond motifs is 2. The highest BCUT2D eigenvalue weighted by molar-refractivity contribution is 5.99. The third-order valence-electron chi connectivity index (χ3n) is 6.85. The number of nitrogens with one attached hydrogen (secondary N) is 3. The van der Waals surface area contributed by atoms with Gasteiger partial charge < -0.3 is 25.1 Å². The first-order chi connectivity index (χ1) is 18.3. The minimum atomic E-state index is -0.689. The van der Waals surface area contributed by atoms with Gasteiger partial charge in [0, 0.05) is 28.7 Å². The van der Waals surface area contributed by atoms with Crippen molar-refractivity contribution in [2.24, 2.45) is 0 Å². The first-order valence-electron chi connectivity index (χ1n) is 13.1. The van der Waals surface area contributed by atoms with E-state index in [9.17, 15) is 14.4 Å². The molecule has 4 rings (SSSR count). The average molecular weight is 514 g/mol. The number of ether oxygens (including phenoxy) is 1. The Hall–Kier alpha value is -4.13. The summed E-state index contributed by atoms with van der Waals surface area (Å²) < 4.78 is 5.36. The summed E-state index contributed by atoms with van der Waals surface area (Å²) in [5.41, 5.74) is 3.41.